The van der Waals surface area contributed by atoms with Gasteiger partial charge in [0.1, 0.15) is 11.6 Å². The van der Waals surface area contributed by atoms with Crippen LogP contribution in [-0.4, -0.2) is 23.1 Å². The molecule has 0 amide bonds. The van der Waals surface area contributed by atoms with E-state index in [1.165, 1.54) is 25.7 Å². The molecule has 0 aromatic carbocycles. The van der Waals surface area contributed by atoms with Gasteiger partial charge in [0.2, 0.25) is 5.88 Å². The van der Waals surface area contributed by atoms with Crippen LogP contribution in [0.1, 0.15) is 57.3 Å². The molecule has 0 spiro atoms. The van der Waals surface area contributed by atoms with Gasteiger partial charge in [0.15, 0.2) is 0 Å². The predicted molar refractivity (Wildman–Crippen MR) is 79.9 cm³/mol. The van der Waals surface area contributed by atoms with Crippen LogP contribution in [0.5, 0.6) is 5.88 Å². The van der Waals surface area contributed by atoms with Crippen molar-refractivity contribution in [2.45, 2.75) is 59.8 Å². The van der Waals surface area contributed by atoms with Crippen molar-refractivity contribution in [3.8, 4) is 5.88 Å². The molecule has 0 unspecified atom stereocenters. The van der Waals surface area contributed by atoms with Crippen LogP contribution >= 0.6 is 0 Å². The lowest BCUT2D eigenvalue weighted by molar-refractivity contribution is 0.290. The molecule has 0 saturated heterocycles. The van der Waals surface area contributed by atoms with E-state index in [1.807, 2.05) is 13.8 Å². The van der Waals surface area contributed by atoms with Gasteiger partial charge in [-0.25, -0.2) is 4.98 Å². The van der Waals surface area contributed by atoms with Crippen molar-refractivity contribution >= 4 is 5.82 Å². The van der Waals surface area contributed by atoms with Gasteiger partial charge in [-0.3, -0.25) is 0 Å². The van der Waals surface area contributed by atoms with E-state index in [9.17, 15) is 0 Å². The third kappa shape index (κ3) is 5.45. The van der Waals surface area contributed by atoms with Crippen molar-refractivity contribution < 1.29 is 4.74 Å². The molecule has 1 N–H and O–H groups in total. The average molecular weight is 265 g/mol. The molecule has 4 heteroatoms. The molecule has 1 heterocycles. The zero-order chi connectivity index (χ0) is 14.1. The lowest BCUT2D eigenvalue weighted by Gasteiger charge is -2.12. The van der Waals surface area contributed by atoms with Crippen LogP contribution in [0.4, 0.5) is 5.82 Å². The van der Waals surface area contributed by atoms with Crippen LogP contribution in [0.2, 0.25) is 0 Å². The Labute approximate surface area is 117 Å². The summed E-state index contributed by atoms with van der Waals surface area (Å²) in [5.41, 5.74) is 1.00. The molecule has 0 radical (unpaired) electrons. The molecule has 0 saturated carbocycles. The molecule has 108 valence electrons. The largest absolute Gasteiger partial charge is 0.477 e. The smallest absolute Gasteiger partial charge is 0.221 e. The molecule has 1 rings (SSSR count). The molecule has 0 aliphatic rings. The SMILES string of the molecule is CCCCCCCOc1nc(C)nc(NCC)c1C. The van der Waals surface area contributed by atoms with Crippen LogP contribution in [-0.2, 0) is 0 Å². The number of nitrogens with zero attached hydrogens (tertiary/aromatic N) is 2. The Morgan fingerprint density at radius 2 is 1.74 bits per heavy atom. The standard InChI is InChI=1S/C15H27N3O/c1-5-7-8-9-10-11-19-15-12(3)14(16-6-2)17-13(4)18-15/h5-11H2,1-4H3,(H,16,17,18). The second kappa shape index (κ2) is 8.73. The van der Waals surface area contributed by atoms with Gasteiger partial charge in [-0.15, -0.1) is 0 Å². The second-order valence-corrected chi connectivity index (χ2v) is 4.84. The molecule has 0 aliphatic carbocycles. The van der Waals surface area contributed by atoms with Gasteiger partial charge in [-0.1, -0.05) is 32.6 Å². The van der Waals surface area contributed by atoms with Gasteiger partial charge < -0.3 is 10.1 Å². The van der Waals surface area contributed by atoms with Gasteiger partial charge in [0.05, 0.1) is 12.2 Å². The van der Waals surface area contributed by atoms with Gasteiger partial charge in [0.25, 0.3) is 0 Å². The van der Waals surface area contributed by atoms with Crippen molar-refractivity contribution in [1.29, 1.82) is 0 Å². The first-order valence-electron chi connectivity index (χ1n) is 7.40. The van der Waals surface area contributed by atoms with E-state index in [0.717, 1.165) is 42.7 Å². The van der Waals surface area contributed by atoms with E-state index in [-0.39, 0.29) is 0 Å². The summed E-state index contributed by atoms with van der Waals surface area (Å²) in [7, 11) is 0. The Balaban J connectivity index is 2.48. The number of hydrogen-bond acceptors (Lipinski definition) is 4. The lowest BCUT2D eigenvalue weighted by Crippen LogP contribution is -2.08. The zero-order valence-electron chi connectivity index (χ0n) is 12.8. The summed E-state index contributed by atoms with van der Waals surface area (Å²) in [5, 5.41) is 3.24. The molecular formula is C15H27N3O. The molecule has 0 atom stereocenters. The maximum absolute atomic E-state index is 5.79. The van der Waals surface area contributed by atoms with Crippen molar-refractivity contribution in [3.05, 3.63) is 11.4 Å². The van der Waals surface area contributed by atoms with Crippen LogP contribution in [0, 0.1) is 13.8 Å². The van der Waals surface area contributed by atoms with Crippen LogP contribution in [0.3, 0.4) is 0 Å². The van der Waals surface area contributed by atoms with E-state index < -0.39 is 0 Å². The number of unbranched alkanes of at least 4 members (excludes halogenated alkanes) is 4. The number of anilines is 1. The summed E-state index contributed by atoms with van der Waals surface area (Å²) >= 11 is 0. The van der Waals surface area contributed by atoms with Crippen LogP contribution in [0.25, 0.3) is 0 Å². The molecule has 1 aromatic rings. The van der Waals surface area contributed by atoms with E-state index >= 15 is 0 Å². The molecule has 4 nitrogen and oxygen atoms in total. The maximum Gasteiger partial charge on any atom is 0.221 e. The molecular weight excluding hydrogens is 238 g/mol. The zero-order valence-corrected chi connectivity index (χ0v) is 12.8. The summed E-state index contributed by atoms with van der Waals surface area (Å²) in [6.45, 7) is 9.79. The summed E-state index contributed by atoms with van der Waals surface area (Å²) < 4.78 is 5.79. The number of rotatable bonds is 9. The Bertz CT molecular complexity index is 380. The highest BCUT2D eigenvalue weighted by molar-refractivity contribution is 5.48. The number of aryl methyl sites for hydroxylation is 1. The number of aromatic nitrogens is 2. The van der Waals surface area contributed by atoms with Gasteiger partial charge in [0, 0.05) is 6.54 Å². The third-order valence-electron chi connectivity index (χ3n) is 3.04. The van der Waals surface area contributed by atoms with Gasteiger partial charge in [-0.2, -0.15) is 4.98 Å². The maximum atomic E-state index is 5.79. The highest BCUT2D eigenvalue weighted by Crippen LogP contribution is 2.22. The topological polar surface area (TPSA) is 47.0 Å². The van der Waals surface area contributed by atoms with Crippen molar-refractivity contribution in [2.75, 3.05) is 18.5 Å². The molecule has 0 aliphatic heterocycles. The Hall–Kier alpha value is -1.32. The highest BCUT2D eigenvalue weighted by atomic mass is 16.5. The van der Waals surface area contributed by atoms with E-state index in [0.29, 0.717) is 0 Å². The predicted octanol–water partition coefficient (Wildman–Crippen LogP) is 3.87. The Kier molecular flexibility index (Phi) is 7.23. The average Bonchev–Trinajstić information content (AvgIpc) is 2.39. The summed E-state index contributed by atoms with van der Waals surface area (Å²) in [5.74, 6) is 2.36. The van der Waals surface area contributed by atoms with Crippen LogP contribution in [0.15, 0.2) is 0 Å². The minimum atomic E-state index is 0.721. The van der Waals surface area contributed by atoms with Crippen molar-refractivity contribution in [2.24, 2.45) is 0 Å². The minimum Gasteiger partial charge on any atom is -0.477 e. The third-order valence-corrected chi connectivity index (χ3v) is 3.04. The number of ether oxygens (including phenoxy) is 1. The number of hydrogen-bond donors (Lipinski definition) is 1. The first kappa shape index (κ1) is 15.7. The minimum absolute atomic E-state index is 0.721. The molecule has 0 fully saturated rings. The first-order valence-corrected chi connectivity index (χ1v) is 7.40. The summed E-state index contributed by atoms with van der Waals surface area (Å²) in [4.78, 5) is 8.77. The quantitative estimate of drug-likeness (QED) is 0.688. The van der Waals surface area contributed by atoms with E-state index in [1.54, 1.807) is 0 Å². The molecule has 0 bridgehead atoms. The monoisotopic (exact) mass is 265 g/mol. The summed E-state index contributed by atoms with van der Waals surface area (Å²) in [6, 6.07) is 0. The second-order valence-electron chi connectivity index (χ2n) is 4.84. The van der Waals surface area contributed by atoms with Crippen molar-refractivity contribution in [1.82, 2.24) is 9.97 Å². The van der Waals surface area contributed by atoms with Crippen molar-refractivity contribution in [3.63, 3.8) is 0 Å². The molecule has 1 aromatic heterocycles. The molecule has 19 heavy (non-hydrogen) atoms. The Morgan fingerprint density at radius 1 is 1.00 bits per heavy atom. The normalized spacial score (nSPS) is 10.5. The first-order chi connectivity index (χ1) is 9.19. The van der Waals surface area contributed by atoms with E-state index in [4.69, 9.17) is 4.74 Å². The van der Waals surface area contributed by atoms with Gasteiger partial charge in [-0.05, 0) is 27.2 Å². The number of nitrogens with one attached hydrogen (secondary N) is 1. The summed E-state index contributed by atoms with van der Waals surface area (Å²) in [6.07, 6.45) is 6.22. The van der Waals surface area contributed by atoms with Gasteiger partial charge >= 0.3 is 0 Å². The van der Waals surface area contributed by atoms with E-state index in [2.05, 4.69) is 29.1 Å². The highest BCUT2D eigenvalue weighted by Gasteiger charge is 2.09. The fourth-order valence-corrected chi connectivity index (χ4v) is 1.96. The fourth-order valence-electron chi connectivity index (χ4n) is 1.96. The Morgan fingerprint density at radius 3 is 2.42 bits per heavy atom. The lowest BCUT2D eigenvalue weighted by atomic mass is 10.2. The van der Waals surface area contributed by atoms with Crippen LogP contribution < -0.4 is 10.1 Å². The fraction of sp³-hybridized carbons (Fsp3) is 0.733.